The maximum atomic E-state index is 10.7. The summed E-state index contributed by atoms with van der Waals surface area (Å²) in [7, 11) is 0. The number of pyridine rings is 1. The molecule has 3 aromatic rings. The van der Waals surface area contributed by atoms with E-state index in [9.17, 15) is 10.1 Å². The molecule has 3 N–H and O–H groups in total. The highest BCUT2D eigenvalue weighted by Crippen LogP contribution is 2.38. The summed E-state index contributed by atoms with van der Waals surface area (Å²) in [5.74, 6) is 0. The van der Waals surface area contributed by atoms with Crippen molar-refractivity contribution in [3.63, 3.8) is 0 Å². The van der Waals surface area contributed by atoms with Crippen LogP contribution in [0.5, 0.6) is 0 Å². The van der Waals surface area contributed by atoms with Gasteiger partial charge in [0.1, 0.15) is 0 Å². The molecular weight excluding hydrogens is 400 g/mol. The lowest BCUT2D eigenvalue weighted by Gasteiger charge is -2.38. The third-order valence-electron chi connectivity index (χ3n) is 6.11. The lowest BCUT2D eigenvalue weighted by atomic mass is 9.74. The van der Waals surface area contributed by atoms with Crippen LogP contribution >= 0.6 is 11.6 Å². The van der Waals surface area contributed by atoms with Crippen LogP contribution in [0.2, 0.25) is 5.02 Å². The number of aromatic nitrogens is 1. The summed E-state index contributed by atoms with van der Waals surface area (Å²) in [5, 5.41) is 16.1. The van der Waals surface area contributed by atoms with Gasteiger partial charge in [0, 0.05) is 40.3 Å². The average Bonchev–Trinajstić information content (AvgIpc) is 2.75. The van der Waals surface area contributed by atoms with Crippen LogP contribution < -0.4 is 11.1 Å². The van der Waals surface area contributed by atoms with Crippen LogP contribution in [0.25, 0.3) is 10.9 Å². The number of nitro groups is 1. The number of nitrogens with one attached hydrogen (secondary N) is 1. The fraction of sp³-hybridized carbons (Fsp3) is 0.348. The van der Waals surface area contributed by atoms with Crippen LogP contribution in [-0.2, 0) is 12.0 Å². The van der Waals surface area contributed by atoms with Crippen LogP contribution in [0.1, 0.15) is 36.8 Å². The van der Waals surface area contributed by atoms with Gasteiger partial charge in [0.15, 0.2) is 0 Å². The van der Waals surface area contributed by atoms with E-state index < -0.39 is 0 Å². The number of non-ortho nitro benzene ring substituents is 1. The molecule has 6 nitrogen and oxygen atoms in total. The van der Waals surface area contributed by atoms with Crippen molar-refractivity contribution >= 4 is 28.2 Å². The Morgan fingerprint density at radius 1 is 1.17 bits per heavy atom. The largest absolute Gasteiger partial charge is 0.321 e. The third-order valence-corrected chi connectivity index (χ3v) is 6.35. The molecule has 0 bridgehead atoms. The van der Waals surface area contributed by atoms with E-state index in [1.54, 1.807) is 12.1 Å². The van der Waals surface area contributed by atoms with Crippen LogP contribution in [0.4, 0.5) is 5.69 Å². The van der Waals surface area contributed by atoms with Gasteiger partial charge >= 0.3 is 0 Å². The van der Waals surface area contributed by atoms with Gasteiger partial charge < -0.3 is 11.1 Å². The van der Waals surface area contributed by atoms with Crippen molar-refractivity contribution in [3.05, 3.63) is 81.0 Å². The quantitative estimate of drug-likeness (QED) is 0.440. The first kappa shape index (κ1) is 20.7. The molecule has 1 saturated carbocycles. The van der Waals surface area contributed by atoms with E-state index in [-0.39, 0.29) is 16.1 Å². The van der Waals surface area contributed by atoms with E-state index in [4.69, 9.17) is 17.3 Å². The van der Waals surface area contributed by atoms with Crippen LogP contribution in [0.3, 0.4) is 0 Å². The maximum absolute atomic E-state index is 10.7. The number of halogens is 1. The average molecular weight is 425 g/mol. The molecule has 4 rings (SSSR count). The zero-order valence-corrected chi connectivity index (χ0v) is 17.4. The number of nitrogens with two attached hydrogens (primary N) is 1. The molecule has 1 aliphatic carbocycles. The predicted octanol–water partition coefficient (Wildman–Crippen LogP) is 4.73. The zero-order chi connectivity index (χ0) is 21.1. The summed E-state index contributed by atoms with van der Waals surface area (Å²) in [5.41, 5.74) is 9.76. The Labute approximate surface area is 180 Å². The van der Waals surface area contributed by atoms with Crippen molar-refractivity contribution < 1.29 is 4.92 Å². The molecule has 2 aromatic carbocycles. The molecule has 1 aliphatic rings. The molecule has 1 heterocycles. The van der Waals surface area contributed by atoms with Crippen LogP contribution in [-0.4, -0.2) is 22.5 Å². The fourth-order valence-corrected chi connectivity index (χ4v) is 4.53. The van der Waals surface area contributed by atoms with Crippen LogP contribution in [0, 0.1) is 10.1 Å². The Kier molecular flexibility index (Phi) is 5.99. The number of hydrogen-bond donors (Lipinski definition) is 2. The van der Waals surface area contributed by atoms with Gasteiger partial charge in [0.2, 0.25) is 0 Å². The Hall–Kier alpha value is -2.54. The minimum atomic E-state index is -0.371. The van der Waals surface area contributed by atoms with E-state index in [1.807, 2.05) is 42.6 Å². The lowest BCUT2D eigenvalue weighted by Crippen LogP contribution is -2.45. The normalized spacial score (nSPS) is 21.6. The minimum Gasteiger partial charge on any atom is -0.321 e. The maximum Gasteiger partial charge on any atom is 0.269 e. The lowest BCUT2D eigenvalue weighted by molar-refractivity contribution is -0.384. The molecule has 1 aromatic heterocycles. The highest BCUT2D eigenvalue weighted by atomic mass is 35.5. The second kappa shape index (κ2) is 8.68. The number of benzene rings is 2. The van der Waals surface area contributed by atoms with Gasteiger partial charge in [-0.05, 0) is 68.0 Å². The van der Waals surface area contributed by atoms with Crippen LogP contribution in [0.15, 0.2) is 54.7 Å². The van der Waals surface area contributed by atoms with Crippen molar-refractivity contribution in [3.8, 4) is 0 Å². The molecule has 0 atom stereocenters. The summed E-state index contributed by atoms with van der Waals surface area (Å²) in [6.45, 7) is 0.844. The first-order valence-corrected chi connectivity index (χ1v) is 10.6. The number of rotatable bonds is 6. The smallest absolute Gasteiger partial charge is 0.269 e. The molecule has 0 radical (unpaired) electrons. The Morgan fingerprint density at radius 3 is 2.60 bits per heavy atom. The van der Waals surface area contributed by atoms with Gasteiger partial charge in [-0.2, -0.15) is 0 Å². The highest BCUT2D eigenvalue weighted by molar-refractivity contribution is 6.31. The number of nitrogens with zero attached hydrogens (tertiary/aromatic N) is 2. The number of fused-ring (bicyclic) bond motifs is 1. The summed E-state index contributed by atoms with van der Waals surface area (Å²) < 4.78 is 0. The third kappa shape index (κ3) is 4.46. The Bertz CT molecular complexity index is 1050. The second-order valence-corrected chi connectivity index (χ2v) is 8.51. The Morgan fingerprint density at radius 2 is 1.90 bits per heavy atom. The van der Waals surface area contributed by atoms with Gasteiger partial charge in [0.25, 0.3) is 5.69 Å². The first-order chi connectivity index (χ1) is 14.4. The molecule has 0 unspecified atom stereocenters. The second-order valence-electron chi connectivity index (χ2n) is 8.08. The number of hydrogen-bond acceptors (Lipinski definition) is 5. The molecule has 0 amide bonds. The summed E-state index contributed by atoms with van der Waals surface area (Å²) in [4.78, 5) is 14.8. The predicted molar refractivity (Wildman–Crippen MR) is 120 cm³/mol. The van der Waals surface area contributed by atoms with Crippen molar-refractivity contribution in [2.75, 3.05) is 6.54 Å². The topological polar surface area (TPSA) is 94.1 Å². The summed E-state index contributed by atoms with van der Waals surface area (Å²) in [6, 6.07) is 15.0. The SMILES string of the molecule is NC1(c2ccnc3cc(Cl)ccc23)CCC(NCCc2ccc([N+](=O)[O-])cc2)CC1. The van der Waals surface area contributed by atoms with Gasteiger partial charge in [-0.25, -0.2) is 0 Å². The molecule has 0 spiro atoms. The summed E-state index contributed by atoms with van der Waals surface area (Å²) in [6.07, 6.45) is 6.49. The van der Waals surface area contributed by atoms with E-state index in [0.717, 1.165) is 60.7 Å². The molecule has 30 heavy (non-hydrogen) atoms. The number of nitro benzene ring substituents is 1. The van der Waals surface area contributed by atoms with Gasteiger partial charge in [-0.3, -0.25) is 15.1 Å². The van der Waals surface area contributed by atoms with Crippen molar-refractivity contribution in [1.82, 2.24) is 10.3 Å². The standard InChI is InChI=1S/C23H25ClN4O2/c24-17-3-6-20-21(10-14-27-22(20)15-17)23(25)11-7-18(8-12-23)26-13-9-16-1-4-19(5-2-16)28(29)30/h1-6,10,14-15,18,26H,7-9,11-13,25H2. The van der Waals surface area contributed by atoms with E-state index in [2.05, 4.69) is 10.3 Å². The molecule has 0 saturated heterocycles. The van der Waals surface area contributed by atoms with Gasteiger partial charge in [-0.1, -0.05) is 29.8 Å². The molecule has 0 aliphatic heterocycles. The summed E-state index contributed by atoms with van der Waals surface area (Å²) >= 11 is 6.12. The fourth-order valence-electron chi connectivity index (χ4n) is 4.37. The van der Waals surface area contributed by atoms with Gasteiger partial charge in [-0.15, -0.1) is 0 Å². The van der Waals surface area contributed by atoms with Crippen molar-refractivity contribution in [2.45, 2.75) is 43.7 Å². The first-order valence-electron chi connectivity index (χ1n) is 10.2. The van der Waals surface area contributed by atoms with E-state index in [1.165, 1.54) is 0 Å². The molecular formula is C23H25ClN4O2. The molecule has 1 fully saturated rings. The minimum absolute atomic E-state index is 0.129. The molecule has 156 valence electrons. The monoisotopic (exact) mass is 424 g/mol. The Balaban J connectivity index is 1.34. The van der Waals surface area contributed by atoms with Gasteiger partial charge in [0.05, 0.1) is 10.4 Å². The van der Waals surface area contributed by atoms with E-state index in [0.29, 0.717) is 11.1 Å². The zero-order valence-electron chi connectivity index (χ0n) is 16.7. The van der Waals surface area contributed by atoms with Crippen molar-refractivity contribution in [2.24, 2.45) is 5.73 Å². The van der Waals surface area contributed by atoms with Crippen molar-refractivity contribution in [1.29, 1.82) is 0 Å². The molecule has 7 heteroatoms. The highest BCUT2D eigenvalue weighted by Gasteiger charge is 2.34. The van der Waals surface area contributed by atoms with E-state index >= 15 is 0 Å².